The van der Waals surface area contributed by atoms with Gasteiger partial charge in [0.1, 0.15) is 29.4 Å². The van der Waals surface area contributed by atoms with Crippen LogP contribution in [0.2, 0.25) is 28.2 Å². The lowest BCUT2D eigenvalue weighted by Crippen LogP contribution is -2.49. The largest absolute Gasteiger partial charge is 0.490 e. The molecular weight excluding hydrogens is 659 g/mol. The lowest BCUT2D eigenvalue weighted by Gasteiger charge is -2.37. The number of alkyl carbamates (subject to hydrolysis) is 1. The zero-order valence-electron chi connectivity index (χ0n) is 28.2. The van der Waals surface area contributed by atoms with Crippen LogP contribution in [0.15, 0.2) is 53.6 Å². The van der Waals surface area contributed by atoms with E-state index in [1.165, 1.54) is 4.57 Å². The molecule has 0 spiro atoms. The van der Waals surface area contributed by atoms with E-state index in [2.05, 4.69) is 59.5 Å². The molecule has 1 unspecified atom stereocenters. The van der Waals surface area contributed by atoms with Crippen molar-refractivity contribution in [2.75, 3.05) is 18.5 Å². The number of halogens is 2. The van der Waals surface area contributed by atoms with E-state index in [9.17, 15) is 9.59 Å². The van der Waals surface area contributed by atoms with Gasteiger partial charge in [-0.3, -0.25) is 9.36 Å². The minimum Gasteiger partial charge on any atom is -0.490 e. The van der Waals surface area contributed by atoms with Crippen molar-refractivity contribution in [3.05, 3.63) is 69.2 Å². The Morgan fingerprint density at radius 1 is 1.00 bits per heavy atom. The number of nitrogens with one attached hydrogen (secondary N) is 2. The van der Waals surface area contributed by atoms with Gasteiger partial charge < -0.3 is 24.5 Å². The summed E-state index contributed by atoms with van der Waals surface area (Å²) in [6, 6.07) is 9.77. The molecule has 0 radical (unpaired) electrons. The van der Waals surface area contributed by atoms with E-state index in [1.807, 2.05) is 20.8 Å². The van der Waals surface area contributed by atoms with Crippen molar-refractivity contribution in [1.82, 2.24) is 24.8 Å². The van der Waals surface area contributed by atoms with Gasteiger partial charge in [-0.05, 0) is 69.2 Å². The first-order chi connectivity index (χ1) is 21.8. The molecule has 0 aliphatic heterocycles. The van der Waals surface area contributed by atoms with Crippen LogP contribution in [0.25, 0.3) is 22.2 Å². The number of amides is 1. The standard InChI is InChI=1S/C33H42Cl2N6O5Si/c1-32(2,3)46-31(43)38-21(19-45-47(8,9)33(4,5)6)18-44-22-13-14-26(36-17-22)39-30-37-16-20-15-23(29(42)41(7)28(20)40-30)27-24(34)11-10-12-25(27)35/h10-17,21H,18-19H2,1-9H3,(H,38,43)(H,36,37,39,40). The summed E-state index contributed by atoms with van der Waals surface area (Å²) < 4.78 is 19.2. The fraction of sp³-hybridized carbons (Fsp3) is 0.424. The van der Waals surface area contributed by atoms with Crippen molar-refractivity contribution in [2.45, 2.75) is 71.3 Å². The van der Waals surface area contributed by atoms with Crippen LogP contribution < -0.4 is 20.9 Å². The molecule has 3 aromatic heterocycles. The van der Waals surface area contributed by atoms with Crippen LogP contribution in [-0.2, 0) is 16.2 Å². The van der Waals surface area contributed by atoms with Crippen molar-refractivity contribution < 1.29 is 18.7 Å². The fourth-order valence-corrected chi connectivity index (χ4v) is 5.88. The van der Waals surface area contributed by atoms with Crippen molar-refractivity contribution in [3.8, 4) is 16.9 Å². The summed E-state index contributed by atoms with van der Waals surface area (Å²) in [5.41, 5.74) is 0.294. The number of carbonyl (C=O) groups excluding carboxylic acids is 1. The van der Waals surface area contributed by atoms with E-state index in [0.29, 0.717) is 43.8 Å². The predicted octanol–water partition coefficient (Wildman–Crippen LogP) is 7.73. The van der Waals surface area contributed by atoms with Gasteiger partial charge in [0.05, 0.1) is 34.5 Å². The number of anilines is 2. The zero-order valence-corrected chi connectivity index (χ0v) is 30.7. The van der Waals surface area contributed by atoms with Gasteiger partial charge in [-0.25, -0.2) is 14.8 Å². The minimum absolute atomic E-state index is 0.00813. The summed E-state index contributed by atoms with van der Waals surface area (Å²) >= 11 is 12.7. The number of aromatic nitrogens is 4. The van der Waals surface area contributed by atoms with E-state index in [4.69, 9.17) is 37.1 Å². The third-order valence-electron chi connectivity index (χ3n) is 7.78. The molecule has 11 nitrogen and oxygen atoms in total. The molecule has 3 heterocycles. The molecule has 4 rings (SSSR count). The Labute approximate surface area is 286 Å². The molecule has 2 N–H and O–H groups in total. The molecule has 4 aromatic rings. The Morgan fingerprint density at radius 3 is 2.28 bits per heavy atom. The fourth-order valence-electron chi connectivity index (χ4n) is 4.22. The number of hydrogen-bond donors (Lipinski definition) is 2. The molecule has 0 fully saturated rings. The molecule has 1 aromatic carbocycles. The summed E-state index contributed by atoms with van der Waals surface area (Å²) in [5.74, 6) is 1.21. The molecule has 252 valence electrons. The summed E-state index contributed by atoms with van der Waals surface area (Å²) in [7, 11) is -0.448. The number of nitrogens with zero attached hydrogens (tertiary/aromatic N) is 4. The van der Waals surface area contributed by atoms with E-state index in [1.54, 1.807) is 55.8 Å². The van der Waals surface area contributed by atoms with E-state index < -0.39 is 26.1 Å². The zero-order chi connectivity index (χ0) is 34.7. The molecular formula is C33H42Cl2N6O5Si. The highest BCUT2D eigenvalue weighted by atomic mass is 35.5. The smallest absolute Gasteiger partial charge is 0.408 e. The third kappa shape index (κ3) is 9.22. The molecule has 14 heteroatoms. The van der Waals surface area contributed by atoms with Crippen LogP contribution in [0.3, 0.4) is 0 Å². The first kappa shape index (κ1) is 36.1. The van der Waals surface area contributed by atoms with Gasteiger partial charge in [-0.1, -0.05) is 50.0 Å². The van der Waals surface area contributed by atoms with Gasteiger partial charge in [0.15, 0.2) is 8.32 Å². The Bertz CT molecular complexity index is 1780. The van der Waals surface area contributed by atoms with Gasteiger partial charge in [-0.15, -0.1) is 0 Å². The number of pyridine rings is 2. The Morgan fingerprint density at radius 2 is 1.68 bits per heavy atom. The lowest BCUT2D eigenvalue weighted by molar-refractivity contribution is 0.0461. The third-order valence-corrected chi connectivity index (χ3v) is 12.9. The summed E-state index contributed by atoms with van der Waals surface area (Å²) in [5, 5.41) is 7.33. The number of aryl methyl sites for hydroxylation is 1. The van der Waals surface area contributed by atoms with Crippen LogP contribution in [0.5, 0.6) is 5.75 Å². The second-order valence-electron chi connectivity index (χ2n) is 13.7. The number of hydrogen-bond acceptors (Lipinski definition) is 9. The van der Waals surface area contributed by atoms with Crippen LogP contribution in [0, 0.1) is 0 Å². The maximum absolute atomic E-state index is 13.3. The Balaban J connectivity index is 1.46. The van der Waals surface area contributed by atoms with E-state index in [-0.39, 0.29) is 29.8 Å². The van der Waals surface area contributed by atoms with Gasteiger partial charge in [0, 0.05) is 24.2 Å². The topological polar surface area (TPSA) is 129 Å². The van der Waals surface area contributed by atoms with Gasteiger partial charge in [0.25, 0.3) is 5.56 Å². The molecule has 0 saturated carbocycles. The van der Waals surface area contributed by atoms with Crippen LogP contribution >= 0.6 is 23.2 Å². The second kappa shape index (κ2) is 14.2. The first-order valence-electron chi connectivity index (χ1n) is 15.1. The molecule has 0 aliphatic rings. The molecule has 1 amide bonds. The molecule has 0 saturated heterocycles. The SMILES string of the molecule is Cn1c(=O)c(-c2c(Cl)cccc2Cl)cc2cnc(Nc3ccc(OCC(CO[Si](C)(C)C(C)(C)C)NC(=O)OC(C)(C)C)cn3)nc21. The van der Waals surface area contributed by atoms with Gasteiger partial charge in [-0.2, -0.15) is 4.98 Å². The number of ether oxygens (including phenoxy) is 2. The average molecular weight is 702 g/mol. The van der Waals surface area contributed by atoms with Crippen LogP contribution in [-0.4, -0.2) is 58.8 Å². The lowest BCUT2D eigenvalue weighted by atomic mass is 10.1. The summed E-state index contributed by atoms with van der Waals surface area (Å²) in [6.45, 7) is 16.6. The highest BCUT2D eigenvalue weighted by Gasteiger charge is 2.38. The van der Waals surface area contributed by atoms with Gasteiger partial charge in [0.2, 0.25) is 5.95 Å². The van der Waals surface area contributed by atoms with Gasteiger partial charge >= 0.3 is 6.09 Å². The molecule has 0 bridgehead atoms. The minimum atomic E-state index is -2.08. The van der Waals surface area contributed by atoms with Crippen LogP contribution in [0.1, 0.15) is 41.5 Å². The van der Waals surface area contributed by atoms with Crippen LogP contribution in [0.4, 0.5) is 16.6 Å². The number of fused-ring (bicyclic) bond motifs is 1. The summed E-state index contributed by atoms with van der Waals surface area (Å²) in [4.78, 5) is 39.2. The summed E-state index contributed by atoms with van der Waals surface area (Å²) in [6.07, 6.45) is 2.62. The van der Waals surface area contributed by atoms with E-state index >= 15 is 0 Å². The van der Waals surface area contributed by atoms with Crippen molar-refractivity contribution in [2.24, 2.45) is 7.05 Å². The molecule has 1 atom stereocenters. The molecule has 0 aliphatic carbocycles. The maximum atomic E-state index is 13.3. The number of carbonyl (C=O) groups is 1. The molecule has 47 heavy (non-hydrogen) atoms. The second-order valence-corrected chi connectivity index (χ2v) is 19.3. The first-order valence-corrected chi connectivity index (χ1v) is 18.8. The quantitative estimate of drug-likeness (QED) is 0.160. The highest BCUT2D eigenvalue weighted by molar-refractivity contribution is 6.74. The van der Waals surface area contributed by atoms with Crippen molar-refractivity contribution >= 4 is 60.4 Å². The Kier molecular flexibility index (Phi) is 10.9. The monoisotopic (exact) mass is 700 g/mol. The number of rotatable bonds is 10. The van der Waals surface area contributed by atoms with Crippen molar-refractivity contribution in [3.63, 3.8) is 0 Å². The Hall–Kier alpha value is -3.71. The van der Waals surface area contributed by atoms with E-state index in [0.717, 1.165) is 0 Å². The predicted molar refractivity (Wildman–Crippen MR) is 190 cm³/mol. The highest BCUT2D eigenvalue weighted by Crippen LogP contribution is 2.37. The normalized spacial score (nSPS) is 12.9. The number of benzene rings is 1. The average Bonchev–Trinajstić information content (AvgIpc) is 2.96. The van der Waals surface area contributed by atoms with Crippen molar-refractivity contribution in [1.29, 1.82) is 0 Å². The maximum Gasteiger partial charge on any atom is 0.408 e.